The summed E-state index contributed by atoms with van der Waals surface area (Å²) in [5.74, 6) is -0.322. The molecule has 31 heavy (non-hydrogen) atoms. The molecule has 3 aromatic rings. The molecule has 7 heteroatoms. The normalized spacial score (nSPS) is 10.4. The fourth-order valence-corrected chi connectivity index (χ4v) is 3.45. The molecule has 0 heterocycles. The highest BCUT2D eigenvalue weighted by Crippen LogP contribution is 2.27. The molecule has 0 unspecified atom stereocenters. The van der Waals surface area contributed by atoms with E-state index in [2.05, 4.69) is 15.9 Å². The van der Waals surface area contributed by atoms with Gasteiger partial charge < -0.3 is 14.2 Å². The maximum Gasteiger partial charge on any atom is 0.349 e. The summed E-state index contributed by atoms with van der Waals surface area (Å²) in [6.07, 6.45) is 1.59. The molecule has 160 valence electrons. The number of hydrogen-bond acceptors (Lipinski definition) is 5. The van der Waals surface area contributed by atoms with Crippen LogP contribution in [0.25, 0.3) is 0 Å². The Hall–Kier alpha value is -2.83. The number of hydrogen-bond donors (Lipinski definition) is 0. The predicted molar refractivity (Wildman–Crippen MR) is 122 cm³/mol. The number of rotatable bonds is 9. The lowest BCUT2D eigenvalue weighted by molar-refractivity contribution is -0.136. The second-order valence-corrected chi connectivity index (χ2v) is 7.91. The minimum absolute atomic E-state index is 0.299. The number of carbonyl (C=O) groups is 2. The number of carbonyl (C=O) groups excluding carboxylic acids is 2. The van der Waals surface area contributed by atoms with Crippen molar-refractivity contribution in [1.82, 2.24) is 0 Å². The standard InChI is InChI=1S/C24H20BrClO5/c25-19-10-13-22(21(26)15-19)30-16-23(27)31-20-11-8-18(9-12-20)24(28)29-14-4-7-17-5-2-1-3-6-17/h1-3,5-6,8-13,15H,4,7,14,16H2. The van der Waals surface area contributed by atoms with Crippen molar-refractivity contribution in [2.45, 2.75) is 12.8 Å². The average Bonchev–Trinajstić information content (AvgIpc) is 2.77. The zero-order valence-electron chi connectivity index (χ0n) is 16.6. The second-order valence-electron chi connectivity index (χ2n) is 6.59. The van der Waals surface area contributed by atoms with Crippen LogP contribution in [-0.2, 0) is 16.0 Å². The van der Waals surface area contributed by atoms with Crippen LogP contribution in [0.5, 0.6) is 11.5 Å². The van der Waals surface area contributed by atoms with E-state index in [4.69, 9.17) is 25.8 Å². The van der Waals surface area contributed by atoms with Gasteiger partial charge in [-0.25, -0.2) is 9.59 Å². The van der Waals surface area contributed by atoms with Gasteiger partial charge in [0, 0.05) is 4.47 Å². The number of halogens is 2. The van der Waals surface area contributed by atoms with E-state index < -0.39 is 11.9 Å². The number of aryl methyl sites for hydroxylation is 1. The Bertz CT molecular complexity index is 1020. The first-order valence-corrected chi connectivity index (χ1v) is 10.8. The molecule has 0 aliphatic carbocycles. The van der Waals surface area contributed by atoms with Crippen LogP contribution in [0, 0.1) is 0 Å². The van der Waals surface area contributed by atoms with Gasteiger partial charge in [0.25, 0.3) is 0 Å². The van der Waals surface area contributed by atoms with E-state index in [-0.39, 0.29) is 6.61 Å². The molecule has 3 aromatic carbocycles. The van der Waals surface area contributed by atoms with Crippen LogP contribution in [-0.4, -0.2) is 25.2 Å². The zero-order valence-corrected chi connectivity index (χ0v) is 18.9. The van der Waals surface area contributed by atoms with Gasteiger partial charge in [0.1, 0.15) is 11.5 Å². The van der Waals surface area contributed by atoms with Crippen LogP contribution < -0.4 is 9.47 Å². The van der Waals surface area contributed by atoms with E-state index in [0.29, 0.717) is 28.7 Å². The number of benzene rings is 3. The Morgan fingerprint density at radius 1 is 0.935 bits per heavy atom. The fraction of sp³-hybridized carbons (Fsp3) is 0.167. The topological polar surface area (TPSA) is 61.8 Å². The Kier molecular flexibility index (Phi) is 8.50. The first-order valence-electron chi connectivity index (χ1n) is 9.61. The summed E-state index contributed by atoms with van der Waals surface area (Å²) in [5.41, 5.74) is 1.59. The van der Waals surface area contributed by atoms with Gasteiger partial charge in [-0.05, 0) is 60.9 Å². The van der Waals surface area contributed by atoms with E-state index >= 15 is 0 Å². The fourth-order valence-electron chi connectivity index (χ4n) is 2.72. The second kappa shape index (κ2) is 11.5. The minimum Gasteiger partial charge on any atom is -0.480 e. The summed E-state index contributed by atoms with van der Waals surface area (Å²) in [5, 5.41) is 0.383. The molecule has 3 rings (SSSR count). The molecule has 0 aliphatic heterocycles. The first-order chi connectivity index (χ1) is 15.0. The third kappa shape index (κ3) is 7.42. The minimum atomic E-state index is -0.588. The molecule has 0 saturated carbocycles. The average molecular weight is 504 g/mol. The summed E-state index contributed by atoms with van der Waals surface area (Å²) in [7, 11) is 0. The van der Waals surface area contributed by atoms with Crippen LogP contribution in [0.3, 0.4) is 0 Å². The maximum absolute atomic E-state index is 12.1. The smallest absolute Gasteiger partial charge is 0.349 e. The lowest BCUT2D eigenvalue weighted by atomic mass is 10.1. The molecule has 0 spiro atoms. The molecular weight excluding hydrogens is 484 g/mol. The van der Waals surface area contributed by atoms with Crippen molar-refractivity contribution in [3.05, 3.63) is 93.4 Å². The van der Waals surface area contributed by atoms with Gasteiger partial charge >= 0.3 is 11.9 Å². The summed E-state index contributed by atoms with van der Waals surface area (Å²) in [6.45, 7) is 0.0347. The van der Waals surface area contributed by atoms with E-state index in [1.165, 1.54) is 17.7 Å². The lowest BCUT2D eigenvalue weighted by Gasteiger charge is -2.09. The van der Waals surface area contributed by atoms with Gasteiger partial charge in [0.15, 0.2) is 6.61 Å². The van der Waals surface area contributed by atoms with Crippen molar-refractivity contribution in [3.8, 4) is 11.5 Å². The molecule has 0 saturated heterocycles. The van der Waals surface area contributed by atoms with Gasteiger partial charge in [-0.1, -0.05) is 57.9 Å². The quantitative estimate of drug-likeness (QED) is 0.207. The van der Waals surface area contributed by atoms with Crippen LogP contribution in [0.2, 0.25) is 5.02 Å². The summed E-state index contributed by atoms with van der Waals surface area (Å²) in [4.78, 5) is 24.1. The summed E-state index contributed by atoms with van der Waals surface area (Å²) >= 11 is 9.34. The number of esters is 2. The molecule has 0 radical (unpaired) electrons. The highest BCUT2D eigenvalue weighted by molar-refractivity contribution is 9.10. The van der Waals surface area contributed by atoms with Crippen molar-refractivity contribution in [1.29, 1.82) is 0 Å². The zero-order chi connectivity index (χ0) is 22.1. The van der Waals surface area contributed by atoms with E-state index in [1.54, 1.807) is 30.3 Å². The monoisotopic (exact) mass is 502 g/mol. The molecule has 0 N–H and O–H groups in total. The van der Waals surface area contributed by atoms with Crippen molar-refractivity contribution in [2.24, 2.45) is 0 Å². The Labute approximate surface area is 194 Å². The molecule has 0 aliphatic rings. The molecule has 0 aromatic heterocycles. The van der Waals surface area contributed by atoms with Gasteiger partial charge in [-0.15, -0.1) is 0 Å². The third-order valence-corrected chi connectivity index (χ3v) is 5.04. The number of ether oxygens (including phenoxy) is 3. The molecular formula is C24H20BrClO5. The van der Waals surface area contributed by atoms with Crippen molar-refractivity contribution < 1.29 is 23.8 Å². The van der Waals surface area contributed by atoms with E-state index in [0.717, 1.165) is 17.3 Å². The van der Waals surface area contributed by atoms with Gasteiger partial charge in [-0.2, -0.15) is 0 Å². The first kappa shape index (κ1) is 22.8. The maximum atomic E-state index is 12.1. The van der Waals surface area contributed by atoms with Crippen LogP contribution in [0.1, 0.15) is 22.3 Å². The van der Waals surface area contributed by atoms with Crippen molar-refractivity contribution in [2.75, 3.05) is 13.2 Å². The summed E-state index contributed by atoms with van der Waals surface area (Å²) < 4.78 is 16.7. The lowest BCUT2D eigenvalue weighted by Crippen LogP contribution is -2.17. The van der Waals surface area contributed by atoms with Crippen LogP contribution in [0.15, 0.2) is 77.3 Å². The molecule has 5 nitrogen and oxygen atoms in total. The van der Waals surface area contributed by atoms with Gasteiger partial charge in [-0.3, -0.25) is 0 Å². The predicted octanol–water partition coefficient (Wildman–Crippen LogP) is 5.88. The Morgan fingerprint density at radius 2 is 1.68 bits per heavy atom. The van der Waals surface area contributed by atoms with E-state index in [1.807, 2.05) is 30.3 Å². The van der Waals surface area contributed by atoms with Crippen molar-refractivity contribution in [3.63, 3.8) is 0 Å². The van der Waals surface area contributed by atoms with Crippen LogP contribution in [0.4, 0.5) is 0 Å². The Balaban J connectivity index is 1.41. The third-order valence-electron chi connectivity index (χ3n) is 4.25. The van der Waals surface area contributed by atoms with E-state index in [9.17, 15) is 9.59 Å². The van der Waals surface area contributed by atoms with Crippen molar-refractivity contribution >= 4 is 39.5 Å². The van der Waals surface area contributed by atoms with Gasteiger partial charge in [0.2, 0.25) is 0 Å². The Morgan fingerprint density at radius 3 is 2.39 bits per heavy atom. The SMILES string of the molecule is O=C(COc1ccc(Br)cc1Cl)Oc1ccc(C(=O)OCCCc2ccccc2)cc1. The molecule has 0 amide bonds. The van der Waals surface area contributed by atoms with Gasteiger partial charge in [0.05, 0.1) is 17.2 Å². The molecule has 0 atom stereocenters. The highest BCUT2D eigenvalue weighted by atomic mass is 79.9. The van der Waals surface area contributed by atoms with Crippen LogP contribution >= 0.6 is 27.5 Å². The largest absolute Gasteiger partial charge is 0.480 e. The molecule has 0 fully saturated rings. The molecule has 0 bridgehead atoms. The highest BCUT2D eigenvalue weighted by Gasteiger charge is 2.11. The summed E-state index contributed by atoms with van der Waals surface area (Å²) in [6, 6.07) is 21.3.